The second-order valence-electron chi connectivity index (χ2n) is 6.19. The maximum absolute atomic E-state index is 12.2. The highest BCUT2D eigenvalue weighted by atomic mass is 16.2. The highest BCUT2D eigenvalue weighted by Crippen LogP contribution is 2.19. The molecule has 4 heteroatoms. The molecule has 3 rings (SSSR count). The van der Waals surface area contributed by atoms with E-state index in [1.165, 1.54) is 24.1 Å². The number of benzene rings is 1. The van der Waals surface area contributed by atoms with Crippen LogP contribution in [0.4, 0.5) is 5.69 Å². The minimum Gasteiger partial charge on any atom is -0.368 e. The molecule has 0 unspecified atom stereocenters. The first-order valence-corrected chi connectivity index (χ1v) is 8.05. The predicted molar refractivity (Wildman–Crippen MR) is 85.6 cm³/mol. The van der Waals surface area contributed by atoms with Crippen molar-refractivity contribution in [2.45, 2.75) is 32.2 Å². The van der Waals surface area contributed by atoms with Gasteiger partial charge in [-0.2, -0.15) is 0 Å². The van der Waals surface area contributed by atoms with Crippen molar-refractivity contribution in [2.75, 3.05) is 37.6 Å². The largest absolute Gasteiger partial charge is 0.368 e. The van der Waals surface area contributed by atoms with Crippen molar-refractivity contribution in [3.8, 4) is 0 Å². The summed E-state index contributed by atoms with van der Waals surface area (Å²) in [5, 5.41) is 3.41. The summed E-state index contributed by atoms with van der Waals surface area (Å²) in [4.78, 5) is 16.6. The van der Waals surface area contributed by atoms with Crippen LogP contribution in [-0.4, -0.2) is 49.6 Å². The van der Waals surface area contributed by atoms with Crippen molar-refractivity contribution in [1.29, 1.82) is 0 Å². The number of anilines is 1. The quantitative estimate of drug-likeness (QED) is 0.897. The number of aryl methyl sites for hydroxylation is 1. The number of amides is 1. The normalized spacial score (nSPS) is 18.9. The molecule has 1 aliphatic carbocycles. The molecule has 2 fully saturated rings. The van der Waals surface area contributed by atoms with E-state index >= 15 is 0 Å². The minimum atomic E-state index is 0.298. The molecular weight excluding hydrogens is 262 g/mol. The maximum Gasteiger partial charge on any atom is 0.223 e. The molecule has 1 aliphatic heterocycles. The first-order chi connectivity index (χ1) is 10.2. The van der Waals surface area contributed by atoms with Gasteiger partial charge >= 0.3 is 0 Å². The summed E-state index contributed by atoms with van der Waals surface area (Å²) in [5.41, 5.74) is 2.56. The average molecular weight is 287 g/mol. The SMILES string of the molecule is Cc1cccc(N2CCN(C(=O)CCNC3CC3)CC2)c1. The molecule has 1 aromatic carbocycles. The Morgan fingerprint density at radius 2 is 2.00 bits per heavy atom. The number of carbonyl (C=O) groups excluding carboxylic acids is 1. The van der Waals surface area contributed by atoms with Crippen molar-refractivity contribution in [1.82, 2.24) is 10.2 Å². The van der Waals surface area contributed by atoms with Crippen molar-refractivity contribution in [2.24, 2.45) is 0 Å². The number of nitrogens with one attached hydrogen (secondary N) is 1. The third-order valence-electron chi connectivity index (χ3n) is 4.35. The van der Waals surface area contributed by atoms with E-state index in [1.54, 1.807) is 0 Å². The number of nitrogens with zero attached hydrogens (tertiary/aromatic N) is 2. The van der Waals surface area contributed by atoms with Gasteiger partial charge in [0.2, 0.25) is 5.91 Å². The van der Waals surface area contributed by atoms with Gasteiger partial charge < -0.3 is 15.1 Å². The van der Waals surface area contributed by atoms with Crippen LogP contribution in [-0.2, 0) is 4.79 Å². The van der Waals surface area contributed by atoms with Crippen LogP contribution in [0.25, 0.3) is 0 Å². The van der Waals surface area contributed by atoms with E-state index in [0.717, 1.165) is 32.7 Å². The fraction of sp³-hybridized carbons (Fsp3) is 0.588. The Labute approximate surface area is 127 Å². The number of hydrogen-bond acceptors (Lipinski definition) is 3. The Balaban J connectivity index is 1.44. The zero-order valence-corrected chi connectivity index (χ0v) is 12.8. The Kier molecular flexibility index (Phi) is 4.44. The van der Waals surface area contributed by atoms with Crippen molar-refractivity contribution in [3.63, 3.8) is 0 Å². The summed E-state index contributed by atoms with van der Waals surface area (Å²) in [6.07, 6.45) is 3.20. The summed E-state index contributed by atoms with van der Waals surface area (Å²) in [7, 11) is 0. The van der Waals surface area contributed by atoms with Gasteiger partial charge in [0.05, 0.1) is 0 Å². The Bertz CT molecular complexity index is 491. The molecule has 0 radical (unpaired) electrons. The van der Waals surface area contributed by atoms with E-state index < -0.39 is 0 Å². The van der Waals surface area contributed by atoms with Gasteiger partial charge in [-0.3, -0.25) is 4.79 Å². The number of hydrogen-bond donors (Lipinski definition) is 1. The van der Waals surface area contributed by atoms with Gasteiger partial charge in [-0.15, -0.1) is 0 Å². The Morgan fingerprint density at radius 1 is 1.24 bits per heavy atom. The minimum absolute atomic E-state index is 0.298. The molecule has 1 amide bonds. The van der Waals surface area contributed by atoms with Gasteiger partial charge in [0.15, 0.2) is 0 Å². The molecule has 21 heavy (non-hydrogen) atoms. The van der Waals surface area contributed by atoms with Gasteiger partial charge in [0, 0.05) is 50.9 Å². The van der Waals surface area contributed by atoms with E-state index in [4.69, 9.17) is 0 Å². The number of rotatable bonds is 5. The van der Waals surface area contributed by atoms with E-state index in [0.29, 0.717) is 18.4 Å². The first kappa shape index (κ1) is 14.4. The zero-order valence-electron chi connectivity index (χ0n) is 12.8. The molecule has 0 bridgehead atoms. The Hall–Kier alpha value is -1.55. The summed E-state index contributed by atoms with van der Waals surface area (Å²) < 4.78 is 0. The van der Waals surface area contributed by atoms with E-state index in [9.17, 15) is 4.79 Å². The number of carbonyl (C=O) groups is 1. The van der Waals surface area contributed by atoms with Crippen molar-refractivity contribution in [3.05, 3.63) is 29.8 Å². The molecule has 114 valence electrons. The topological polar surface area (TPSA) is 35.6 Å². The van der Waals surface area contributed by atoms with Gasteiger partial charge in [0.1, 0.15) is 0 Å². The molecular formula is C17H25N3O. The lowest BCUT2D eigenvalue weighted by Crippen LogP contribution is -2.49. The fourth-order valence-electron chi connectivity index (χ4n) is 2.87. The van der Waals surface area contributed by atoms with Gasteiger partial charge in [-0.05, 0) is 37.5 Å². The van der Waals surface area contributed by atoms with Crippen LogP contribution in [0.15, 0.2) is 24.3 Å². The summed E-state index contributed by atoms with van der Waals surface area (Å²) in [5.74, 6) is 0.298. The second-order valence-corrected chi connectivity index (χ2v) is 6.19. The molecule has 1 N–H and O–H groups in total. The molecule has 1 saturated carbocycles. The lowest BCUT2D eigenvalue weighted by Gasteiger charge is -2.36. The first-order valence-electron chi connectivity index (χ1n) is 8.05. The molecule has 1 heterocycles. The van der Waals surface area contributed by atoms with Crippen LogP contribution in [0.1, 0.15) is 24.8 Å². The third-order valence-corrected chi connectivity index (χ3v) is 4.35. The van der Waals surface area contributed by atoms with Gasteiger partial charge in [0.25, 0.3) is 0 Å². The lowest BCUT2D eigenvalue weighted by atomic mass is 10.2. The fourth-order valence-corrected chi connectivity index (χ4v) is 2.87. The summed E-state index contributed by atoms with van der Waals surface area (Å²) in [6.45, 7) is 6.51. The summed E-state index contributed by atoms with van der Waals surface area (Å²) >= 11 is 0. The van der Waals surface area contributed by atoms with Crippen LogP contribution in [0.3, 0.4) is 0 Å². The van der Waals surface area contributed by atoms with Gasteiger partial charge in [-0.25, -0.2) is 0 Å². The highest BCUT2D eigenvalue weighted by molar-refractivity contribution is 5.76. The van der Waals surface area contributed by atoms with Gasteiger partial charge in [-0.1, -0.05) is 12.1 Å². The Morgan fingerprint density at radius 3 is 2.67 bits per heavy atom. The molecule has 0 spiro atoms. The molecule has 4 nitrogen and oxygen atoms in total. The zero-order chi connectivity index (χ0) is 14.7. The smallest absolute Gasteiger partial charge is 0.223 e. The number of piperazine rings is 1. The third kappa shape index (κ3) is 3.97. The molecule has 0 aromatic heterocycles. The van der Waals surface area contributed by atoms with Crippen LogP contribution < -0.4 is 10.2 Å². The predicted octanol–water partition coefficient (Wildman–Crippen LogP) is 1.79. The van der Waals surface area contributed by atoms with E-state index in [-0.39, 0.29) is 0 Å². The monoisotopic (exact) mass is 287 g/mol. The van der Waals surface area contributed by atoms with Crippen LogP contribution >= 0.6 is 0 Å². The lowest BCUT2D eigenvalue weighted by molar-refractivity contribution is -0.131. The average Bonchev–Trinajstić information content (AvgIpc) is 3.31. The molecule has 1 saturated heterocycles. The molecule has 0 atom stereocenters. The van der Waals surface area contributed by atoms with E-state index in [2.05, 4.69) is 41.4 Å². The molecule has 2 aliphatic rings. The van der Waals surface area contributed by atoms with Crippen LogP contribution in [0, 0.1) is 6.92 Å². The maximum atomic E-state index is 12.2. The highest BCUT2D eigenvalue weighted by Gasteiger charge is 2.23. The van der Waals surface area contributed by atoms with Crippen molar-refractivity contribution < 1.29 is 4.79 Å². The standard InChI is InChI=1S/C17H25N3O/c1-14-3-2-4-16(13-14)19-9-11-20(12-10-19)17(21)7-8-18-15-5-6-15/h2-4,13,15,18H,5-12H2,1H3. The van der Waals surface area contributed by atoms with Crippen molar-refractivity contribution >= 4 is 11.6 Å². The second kappa shape index (κ2) is 6.48. The van der Waals surface area contributed by atoms with E-state index in [1.807, 2.05) is 4.90 Å². The summed E-state index contributed by atoms with van der Waals surface area (Å²) in [6, 6.07) is 9.29. The van der Waals surface area contributed by atoms with Crippen LogP contribution in [0.5, 0.6) is 0 Å². The van der Waals surface area contributed by atoms with Crippen LogP contribution in [0.2, 0.25) is 0 Å². The molecule has 1 aromatic rings.